The van der Waals surface area contributed by atoms with E-state index in [-0.39, 0.29) is 5.91 Å². The number of nitrogens with zero attached hydrogens (tertiary/aromatic N) is 4. The molecule has 1 aromatic heterocycles. The fraction of sp³-hybridized carbons (Fsp3) is 0.231. The van der Waals surface area contributed by atoms with Gasteiger partial charge in [-0.25, -0.2) is 4.98 Å². The second kappa shape index (κ2) is 9.56. The molecule has 5 nitrogen and oxygen atoms in total. The first kappa shape index (κ1) is 22.0. The number of carbonyl (C=O) groups excluding carboxylic acids is 1. The van der Waals surface area contributed by atoms with Gasteiger partial charge in [-0.05, 0) is 35.9 Å². The number of piperazine rings is 1. The van der Waals surface area contributed by atoms with E-state index in [1.165, 1.54) is 5.56 Å². The van der Waals surface area contributed by atoms with Crippen LogP contribution < -0.4 is 0 Å². The Bertz CT molecular complexity index is 1280. The van der Waals surface area contributed by atoms with Gasteiger partial charge >= 0.3 is 0 Å². The Morgan fingerprint density at radius 3 is 2.36 bits per heavy atom. The van der Waals surface area contributed by atoms with Crippen LogP contribution in [0.2, 0.25) is 10.0 Å². The number of para-hydroxylation sites is 2. The third-order valence-electron chi connectivity index (χ3n) is 6.10. The van der Waals surface area contributed by atoms with Crippen LogP contribution in [-0.4, -0.2) is 51.4 Å². The van der Waals surface area contributed by atoms with Crippen LogP contribution >= 0.6 is 23.2 Å². The average Bonchev–Trinajstić information content (AvgIpc) is 3.18. The molecule has 0 saturated carbocycles. The number of halogens is 2. The summed E-state index contributed by atoms with van der Waals surface area (Å²) in [4.78, 5) is 22.1. The van der Waals surface area contributed by atoms with Gasteiger partial charge in [0, 0.05) is 37.7 Å². The Morgan fingerprint density at radius 2 is 1.58 bits per heavy atom. The second-order valence-electron chi connectivity index (χ2n) is 8.28. The van der Waals surface area contributed by atoms with Crippen molar-refractivity contribution in [3.05, 3.63) is 99.8 Å². The lowest BCUT2D eigenvalue weighted by atomic mass is 10.1. The zero-order chi connectivity index (χ0) is 22.8. The van der Waals surface area contributed by atoms with Crippen LogP contribution in [0, 0.1) is 0 Å². The van der Waals surface area contributed by atoms with Crippen LogP contribution in [0.4, 0.5) is 0 Å². The summed E-state index contributed by atoms with van der Waals surface area (Å²) in [6.07, 6.45) is 0. The van der Waals surface area contributed by atoms with Crippen molar-refractivity contribution >= 4 is 40.1 Å². The molecule has 1 aliphatic rings. The van der Waals surface area contributed by atoms with Gasteiger partial charge in [-0.15, -0.1) is 0 Å². The van der Waals surface area contributed by atoms with Crippen LogP contribution in [0.5, 0.6) is 0 Å². The van der Waals surface area contributed by atoms with Gasteiger partial charge in [0.1, 0.15) is 5.82 Å². The number of hydrogen-bond acceptors (Lipinski definition) is 3. The summed E-state index contributed by atoms with van der Waals surface area (Å²) in [5.41, 5.74) is 3.85. The third-order valence-corrected chi connectivity index (χ3v) is 6.67. The van der Waals surface area contributed by atoms with Gasteiger partial charge in [0.25, 0.3) is 5.91 Å². The van der Waals surface area contributed by atoms with Crippen LogP contribution in [0.1, 0.15) is 21.7 Å². The molecule has 1 aliphatic heterocycles. The molecular formula is C26H24Cl2N4O. The second-order valence-corrected chi connectivity index (χ2v) is 9.12. The van der Waals surface area contributed by atoms with Crippen LogP contribution in [-0.2, 0) is 13.1 Å². The Hall–Kier alpha value is -2.86. The van der Waals surface area contributed by atoms with Gasteiger partial charge in [0.05, 0.1) is 28.2 Å². The lowest BCUT2D eigenvalue weighted by molar-refractivity contribution is 0.0624. The van der Waals surface area contributed by atoms with Crippen molar-refractivity contribution in [1.29, 1.82) is 0 Å². The quantitative estimate of drug-likeness (QED) is 0.388. The van der Waals surface area contributed by atoms with Crippen molar-refractivity contribution in [3.8, 4) is 0 Å². The van der Waals surface area contributed by atoms with E-state index >= 15 is 0 Å². The normalized spacial score (nSPS) is 14.7. The highest BCUT2D eigenvalue weighted by molar-refractivity contribution is 6.35. The molecule has 168 valence electrons. The van der Waals surface area contributed by atoms with Crippen molar-refractivity contribution in [3.63, 3.8) is 0 Å². The van der Waals surface area contributed by atoms with Gasteiger partial charge in [0.2, 0.25) is 0 Å². The molecule has 4 aromatic rings. The minimum atomic E-state index is -0.0709. The molecule has 0 bridgehead atoms. The summed E-state index contributed by atoms with van der Waals surface area (Å²) in [5, 5.41) is 0.945. The van der Waals surface area contributed by atoms with Gasteiger partial charge in [-0.3, -0.25) is 9.69 Å². The predicted octanol–water partition coefficient (Wildman–Crippen LogP) is 5.35. The lowest BCUT2D eigenvalue weighted by Crippen LogP contribution is -2.48. The minimum absolute atomic E-state index is 0.0709. The van der Waals surface area contributed by atoms with Crippen molar-refractivity contribution in [2.24, 2.45) is 0 Å². The van der Waals surface area contributed by atoms with E-state index in [2.05, 4.69) is 51.9 Å². The van der Waals surface area contributed by atoms with Gasteiger partial charge in [-0.1, -0.05) is 65.7 Å². The molecule has 0 N–H and O–H groups in total. The summed E-state index contributed by atoms with van der Waals surface area (Å²) in [6.45, 7) is 4.35. The van der Waals surface area contributed by atoms with E-state index < -0.39 is 0 Å². The zero-order valence-electron chi connectivity index (χ0n) is 18.1. The maximum Gasteiger partial charge on any atom is 0.255 e. The topological polar surface area (TPSA) is 41.4 Å². The van der Waals surface area contributed by atoms with Crippen LogP contribution in [0.3, 0.4) is 0 Å². The lowest BCUT2D eigenvalue weighted by Gasteiger charge is -2.34. The summed E-state index contributed by atoms with van der Waals surface area (Å²) >= 11 is 12.3. The van der Waals surface area contributed by atoms with E-state index in [9.17, 15) is 4.79 Å². The van der Waals surface area contributed by atoms with Gasteiger partial charge in [-0.2, -0.15) is 0 Å². The largest absolute Gasteiger partial charge is 0.336 e. The Labute approximate surface area is 203 Å². The number of benzene rings is 3. The van der Waals surface area contributed by atoms with Crippen LogP contribution in [0.15, 0.2) is 72.8 Å². The number of imidazole rings is 1. The van der Waals surface area contributed by atoms with E-state index in [4.69, 9.17) is 28.2 Å². The molecule has 0 unspecified atom stereocenters. The first-order valence-corrected chi connectivity index (χ1v) is 11.8. The number of fused-ring (bicyclic) bond motifs is 1. The van der Waals surface area contributed by atoms with Crippen molar-refractivity contribution in [2.45, 2.75) is 13.1 Å². The first-order chi connectivity index (χ1) is 16.1. The summed E-state index contributed by atoms with van der Waals surface area (Å²) < 4.78 is 2.30. The van der Waals surface area contributed by atoms with Gasteiger partial charge < -0.3 is 9.47 Å². The van der Waals surface area contributed by atoms with E-state index in [0.29, 0.717) is 28.7 Å². The Kier molecular flexibility index (Phi) is 6.36. The van der Waals surface area contributed by atoms with Crippen molar-refractivity contribution in [1.82, 2.24) is 19.4 Å². The summed E-state index contributed by atoms with van der Waals surface area (Å²) in [6, 6.07) is 23.7. The monoisotopic (exact) mass is 478 g/mol. The average molecular weight is 479 g/mol. The standard InChI is InChI=1S/C26H24Cl2N4O/c27-20-10-11-22(28)21(16-20)26(33)31-14-12-30(13-15-31)18-25-29-23-8-4-5-9-24(23)32(25)17-19-6-2-1-3-7-19/h1-11,16H,12-15,17-18H2. The van der Waals surface area contributed by atoms with Crippen LogP contribution in [0.25, 0.3) is 11.0 Å². The number of rotatable bonds is 5. The maximum atomic E-state index is 13.0. The molecule has 0 radical (unpaired) electrons. The summed E-state index contributed by atoms with van der Waals surface area (Å²) in [7, 11) is 0. The number of carbonyl (C=O) groups is 1. The highest BCUT2D eigenvalue weighted by atomic mass is 35.5. The number of amides is 1. The first-order valence-electron chi connectivity index (χ1n) is 11.0. The third kappa shape index (κ3) is 4.76. The highest BCUT2D eigenvalue weighted by Gasteiger charge is 2.25. The Balaban J connectivity index is 1.31. The van der Waals surface area contributed by atoms with E-state index in [1.807, 2.05) is 17.0 Å². The van der Waals surface area contributed by atoms with Crippen molar-refractivity contribution in [2.75, 3.05) is 26.2 Å². The van der Waals surface area contributed by atoms with E-state index in [1.54, 1.807) is 18.2 Å². The molecule has 1 amide bonds. The molecule has 2 heterocycles. The molecular weight excluding hydrogens is 455 g/mol. The Morgan fingerprint density at radius 1 is 0.848 bits per heavy atom. The van der Waals surface area contributed by atoms with E-state index in [0.717, 1.165) is 43.0 Å². The zero-order valence-corrected chi connectivity index (χ0v) is 19.6. The molecule has 33 heavy (non-hydrogen) atoms. The SMILES string of the molecule is O=C(c1cc(Cl)ccc1Cl)N1CCN(Cc2nc3ccccc3n2Cc2ccccc2)CC1. The maximum absolute atomic E-state index is 13.0. The molecule has 7 heteroatoms. The molecule has 1 fully saturated rings. The molecule has 5 rings (SSSR count). The highest BCUT2D eigenvalue weighted by Crippen LogP contribution is 2.24. The molecule has 0 aliphatic carbocycles. The summed E-state index contributed by atoms with van der Waals surface area (Å²) in [5.74, 6) is 0.969. The molecule has 0 atom stereocenters. The van der Waals surface area contributed by atoms with Gasteiger partial charge in [0.15, 0.2) is 0 Å². The molecule has 0 spiro atoms. The minimum Gasteiger partial charge on any atom is -0.336 e. The number of hydrogen-bond donors (Lipinski definition) is 0. The predicted molar refractivity (Wildman–Crippen MR) is 133 cm³/mol. The fourth-order valence-electron chi connectivity index (χ4n) is 4.33. The smallest absolute Gasteiger partial charge is 0.255 e. The molecule has 1 saturated heterocycles. The van der Waals surface area contributed by atoms with Crippen molar-refractivity contribution < 1.29 is 4.79 Å². The molecule has 3 aromatic carbocycles. The number of aromatic nitrogens is 2. The fourth-order valence-corrected chi connectivity index (χ4v) is 4.70.